The second kappa shape index (κ2) is 11.7. The molecule has 11 aromatic rings. The highest BCUT2D eigenvalue weighted by molar-refractivity contribution is 7.26. The molecule has 1 aliphatic carbocycles. The molecule has 1 aromatic heterocycles. The van der Waals surface area contributed by atoms with Crippen LogP contribution in [-0.4, -0.2) is 0 Å². The van der Waals surface area contributed by atoms with Crippen LogP contribution in [0.5, 0.6) is 0 Å². The van der Waals surface area contributed by atoms with Crippen LogP contribution in [0.1, 0.15) is 25.0 Å². The summed E-state index contributed by atoms with van der Waals surface area (Å²) in [6, 6.07) is 68.2. The molecular weight excluding hydrogens is 693 g/mol. The summed E-state index contributed by atoms with van der Waals surface area (Å²) in [5, 5.41) is 13.0. The van der Waals surface area contributed by atoms with Gasteiger partial charge in [-0.3, -0.25) is 0 Å². The molecule has 10 aromatic carbocycles. The van der Waals surface area contributed by atoms with E-state index in [9.17, 15) is 0 Å². The number of rotatable bonds is 3. The van der Waals surface area contributed by atoms with E-state index in [1.807, 2.05) is 11.3 Å². The van der Waals surface area contributed by atoms with Gasteiger partial charge in [0.05, 0.1) is 0 Å². The molecule has 0 fully saturated rings. The summed E-state index contributed by atoms with van der Waals surface area (Å²) in [6.45, 7) is 4.75. The molecular formula is C55H36S. The third-order valence-electron chi connectivity index (χ3n) is 12.7. The second-order valence-corrected chi connectivity index (χ2v) is 17.0. The molecule has 0 bridgehead atoms. The zero-order valence-electron chi connectivity index (χ0n) is 31.2. The van der Waals surface area contributed by atoms with Crippen molar-refractivity contribution >= 4 is 74.6 Å². The Kier molecular flexibility index (Phi) is 6.66. The lowest BCUT2D eigenvalue weighted by atomic mass is 9.82. The maximum absolute atomic E-state index is 2.48. The predicted octanol–water partition coefficient (Wildman–Crippen LogP) is 16.0. The van der Waals surface area contributed by atoms with Crippen LogP contribution in [0.25, 0.3) is 108 Å². The van der Waals surface area contributed by atoms with Gasteiger partial charge in [0.15, 0.2) is 0 Å². The zero-order chi connectivity index (χ0) is 37.1. The summed E-state index contributed by atoms with van der Waals surface area (Å²) in [7, 11) is 0. The van der Waals surface area contributed by atoms with Gasteiger partial charge < -0.3 is 0 Å². The van der Waals surface area contributed by atoms with Crippen molar-refractivity contribution in [2.45, 2.75) is 19.3 Å². The number of benzene rings is 10. The van der Waals surface area contributed by atoms with Crippen molar-refractivity contribution < 1.29 is 0 Å². The van der Waals surface area contributed by atoms with Gasteiger partial charge in [-0.25, -0.2) is 0 Å². The highest BCUT2D eigenvalue weighted by Gasteiger charge is 2.36. The third kappa shape index (κ3) is 4.41. The Balaban J connectivity index is 1.04. The summed E-state index contributed by atoms with van der Waals surface area (Å²) >= 11 is 1.93. The first-order valence-electron chi connectivity index (χ1n) is 19.6. The molecule has 1 aliphatic rings. The fourth-order valence-electron chi connectivity index (χ4n) is 10.1. The Morgan fingerprint density at radius 1 is 0.339 bits per heavy atom. The third-order valence-corrected chi connectivity index (χ3v) is 13.8. The smallest absolute Gasteiger partial charge is 0.0368 e. The molecule has 0 amide bonds. The maximum Gasteiger partial charge on any atom is 0.0368 e. The van der Waals surface area contributed by atoms with Crippen molar-refractivity contribution in [2.24, 2.45) is 0 Å². The van der Waals surface area contributed by atoms with E-state index in [0.717, 1.165) is 0 Å². The van der Waals surface area contributed by atoms with Gasteiger partial charge in [0.2, 0.25) is 0 Å². The van der Waals surface area contributed by atoms with Crippen LogP contribution in [0.2, 0.25) is 0 Å². The van der Waals surface area contributed by atoms with Crippen LogP contribution in [-0.2, 0) is 5.41 Å². The zero-order valence-corrected chi connectivity index (χ0v) is 32.0. The van der Waals surface area contributed by atoms with E-state index >= 15 is 0 Å². The van der Waals surface area contributed by atoms with Crippen molar-refractivity contribution in [1.29, 1.82) is 0 Å². The van der Waals surface area contributed by atoms with E-state index in [1.54, 1.807) is 0 Å². The second-order valence-electron chi connectivity index (χ2n) is 16.0. The highest BCUT2D eigenvalue weighted by Crippen LogP contribution is 2.53. The van der Waals surface area contributed by atoms with Gasteiger partial charge in [-0.2, -0.15) is 0 Å². The van der Waals surface area contributed by atoms with Gasteiger partial charge in [-0.05, 0) is 117 Å². The van der Waals surface area contributed by atoms with E-state index < -0.39 is 0 Å². The van der Waals surface area contributed by atoms with Crippen molar-refractivity contribution in [2.75, 3.05) is 0 Å². The fraction of sp³-hybridized carbons (Fsp3) is 0.0545. The van der Waals surface area contributed by atoms with Gasteiger partial charge in [0.25, 0.3) is 0 Å². The molecule has 0 saturated heterocycles. The molecule has 0 N–H and O–H groups in total. The molecule has 0 unspecified atom stereocenters. The van der Waals surface area contributed by atoms with E-state index in [4.69, 9.17) is 0 Å². The summed E-state index contributed by atoms with van der Waals surface area (Å²) in [5.41, 5.74) is 13.2. The number of hydrogen-bond donors (Lipinski definition) is 0. The lowest BCUT2D eigenvalue weighted by Crippen LogP contribution is -2.14. The fourth-order valence-corrected chi connectivity index (χ4v) is 11.2. The minimum Gasteiger partial charge on any atom is -0.135 e. The van der Waals surface area contributed by atoms with E-state index in [-0.39, 0.29) is 5.41 Å². The number of hydrogen-bond acceptors (Lipinski definition) is 1. The highest BCUT2D eigenvalue weighted by atomic mass is 32.1. The van der Waals surface area contributed by atoms with E-state index in [0.29, 0.717) is 0 Å². The molecule has 0 spiro atoms. The average Bonchev–Trinajstić information content (AvgIpc) is 3.72. The first-order valence-corrected chi connectivity index (χ1v) is 20.4. The summed E-state index contributed by atoms with van der Waals surface area (Å²) in [4.78, 5) is 0. The topological polar surface area (TPSA) is 0 Å². The Bertz CT molecular complexity index is 3370. The SMILES string of the molecule is CC1(C)c2ccccc2-c2cc3c(cc21)sc1cc(-c2ccc(-c4c5ccccc5c(-c5cccc6ccccc56)c5ccccc45)cc2)c2ccccc2c13. The van der Waals surface area contributed by atoms with Crippen molar-refractivity contribution in [3.05, 3.63) is 193 Å². The van der Waals surface area contributed by atoms with Gasteiger partial charge in [-0.15, -0.1) is 11.3 Å². The molecule has 0 atom stereocenters. The van der Waals surface area contributed by atoms with Crippen LogP contribution in [0.3, 0.4) is 0 Å². The summed E-state index contributed by atoms with van der Waals surface area (Å²) in [5.74, 6) is 0. The first kappa shape index (κ1) is 31.8. The van der Waals surface area contributed by atoms with Crippen molar-refractivity contribution in [3.8, 4) is 44.5 Å². The number of thiophene rings is 1. The van der Waals surface area contributed by atoms with Gasteiger partial charge in [0, 0.05) is 25.6 Å². The Morgan fingerprint density at radius 3 is 1.62 bits per heavy atom. The minimum absolute atomic E-state index is 0.0157. The quantitative estimate of drug-likeness (QED) is 0.159. The molecule has 1 heteroatoms. The maximum atomic E-state index is 2.48. The van der Waals surface area contributed by atoms with E-state index in [2.05, 4.69) is 196 Å². The molecule has 0 radical (unpaired) electrons. The Morgan fingerprint density at radius 2 is 0.893 bits per heavy atom. The van der Waals surface area contributed by atoms with Crippen LogP contribution in [0, 0.1) is 0 Å². The summed E-state index contributed by atoms with van der Waals surface area (Å²) < 4.78 is 2.71. The molecule has 0 nitrogen and oxygen atoms in total. The minimum atomic E-state index is -0.0157. The van der Waals surface area contributed by atoms with Crippen molar-refractivity contribution in [3.63, 3.8) is 0 Å². The standard InChI is InChI=1S/C55H36S/c1-55(2)48-25-12-11-18-38(48)46-30-47-50(32-49(46)55)56-51-31-45(37-17-5-6-19-40(37)54(47)51)34-26-28-35(29-27-34)52-41-20-7-9-22-43(41)53(44-23-10-8-21-42(44)52)39-24-13-15-33-14-3-4-16-36(33)39/h3-32H,1-2H3. The molecule has 262 valence electrons. The van der Waals surface area contributed by atoms with Crippen LogP contribution in [0.4, 0.5) is 0 Å². The lowest BCUT2D eigenvalue weighted by Gasteiger charge is -2.21. The summed E-state index contributed by atoms with van der Waals surface area (Å²) in [6.07, 6.45) is 0. The van der Waals surface area contributed by atoms with Crippen LogP contribution < -0.4 is 0 Å². The number of fused-ring (bicyclic) bond motifs is 11. The van der Waals surface area contributed by atoms with Gasteiger partial charge in [0.1, 0.15) is 0 Å². The Labute approximate surface area is 329 Å². The molecule has 0 aliphatic heterocycles. The average molecular weight is 729 g/mol. The van der Waals surface area contributed by atoms with Gasteiger partial charge >= 0.3 is 0 Å². The Hall–Kier alpha value is -6.54. The van der Waals surface area contributed by atoms with Crippen LogP contribution >= 0.6 is 11.3 Å². The molecule has 1 heterocycles. The molecule has 56 heavy (non-hydrogen) atoms. The largest absolute Gasteiger partial charge is 0.135 e. The van der Waals surface area contributed by atoms with Gasteiger partial charge in [-0.1, -0.05) is 178 Å². The normalized spacial score (nSPS) is 13.3. The first-order chi connectivity index (χ1) is 27.5. The molecule has 12 rings (SSSR count). The lowest BCUT2D eigenvalue weighted by molar-refractivity contribution is 0.661. The predicted molar refractivity (Wildman–Crippen MR) is 243 cm³/mol. The van der Waals surface area contributed by atoms with Crippen LogP contribution in [0.15, 0.2) is 182 Å². The monoisotopic (exact) mass is 728 g/mol. The van der Waals surface area contributed by atoms with E-state index in [1.165, 1.54) is 119 Å². The van der Waals surface area contributed by atoms with Crippen molar-refractivity contribution in [1.82, 2.24) is 0 Å². The molecule has 0 saturated carbocycles.